The first kappa shape index (κ1) is 8.53. The van der Waals surface area contributed by atoms with Crippen molar-refractivity contribution in [1.82, 2.24) is 14.8 Å². The van der Waals surface area contributed by atoms with Crippen LogP contribution in [0.2, 0.25) is 0 Å². The number of nitrogens with one attached hydrogen (secondary N) is 1. The number of aromatic nitrogens is 3. The molecule has 15 heavy (non-hydrogen) atoms. The van der Waals surface area contributed by atoms with E-state index in [0.717, 1.165) is 5.52 Å². The highest BCUT2D eigenvalue weighted by molar-refractivity contribution is 5.95. The summed E-state index contributed by atoms with van der Waals surface area (Å²) in [6.07, 6.45) is 4.00. The largest absolute Gasteiger partial charge is 0.345 e. The molecular formula is C12H13N3. The topological polar surface area (TPSA) is 33.6 Å². The van der Waals surface area contributed by atoms with Crippen molar-refractivity contribution in [2.75, 3.05) is 0 Å². The third-order valence-electron chi connectivity index (χ3n) is 2.84. The Hall–Kier alpha value is -1.77. The Balaban J connectivity index is 2.41. The minimum atomic E-state index is 0.489. The van der Waals surface area contributed by atoms with Crippen molar-refractivity contribution in [1.29, 1.82) is 0 Å². The second-order valence-electron chi connectivity index (χ2n) is 4.19. The van der Waals surface area contributed by atoms with Crippen LogP contribution in [-0.4, -0.2) is 14.8 Å². The van der Waals surface area contributed by atoms with Crippen LogP contribution in [0.3, 0.4) is 0 Å². The lowest BCUT2D eigenvalue weighted by atomic mass is 10.2. The van der Waals surface area contributed by atoms with E-state index in [1.54, 1.807) is 0 Å². The van der Waals surface area contributed by atoms with E-state index in [2.05, 4.69) is 53.0 Å². The van der Waals surface area contributed by atoms with Crippen molar-refractivity contribution >= 4 is 21.8 Å². The Labute approximate surface area is 87.7 Å². The molecule has 0 spiro atoms. The van der Waals surface area contributed by atoms with E-state index >= 15 is 0 Å². The second kappa shape index (κ2) is 2.86. The molecular weight excluding hydrogens is 186 g/mol. The number of rotatable bonds is 1. The SMILES string of the molecule is CC(C)n1ccc2cc3cn[nH]c3cc21. The third-order valence-corrected chi connectivity index (χ3v) is 2.84. The van der Waals surface area contributed by atoms with Crippen LogP contribution in [0, 0.1) is 0 Å². The van der Waals surface area contributed by atoms with Crippen LogP contribution >= 0.6 is 0 Å². The summed E-state index contributed by atoms with van der Waals surface area (Å²) in [7, 11) is 0. The number of aromatic amines is 1. The monoisotopic (exact) mass is 199 g/mol. The molecule has 0 aliphatic carbocycles. The van der Waals surface area contributed by atoms with Gasteiger partial charge in [0.05, 0.1) is 17.2 Å². The maximum Gasteiger partial charge on any atom is 0.0671 e. The van der Waals surface area contributed by atoms with Crippen molar-refractivity contribution < 1.29 is 0 Å². The second-order valence-corrected chi connectivity index (χ2v) is 4.19. The first-order valence-electron chi connectivity index (χ1n) is 5.19. The highest BCUT2D eigenvalue weighted by atomic mass is 15.1. The molecule has 3 aromatic rings. The molecule has 1 aromatic carbocycles. The number of hydrogen-bond acceptors (Lipinski definition) is 1. The smallest absolute Gasteiger partial charge is 0.0671 e. The molecule has 2 aromatic heterocycles. The minimum Gasteiger partial charge on any atom is -0.345 e. The van der Waals surface area contributed by atoms with Gasteiger partial charge in [0.1, 0.15) is 0 Å². The van der Waals surface area contributed by atoms with Gasteiger partial charge in [-0.3, -0.25) is 5.10 Å². The first-order valence-corrected chi connectivity index (χ1v) is 5.19. The first-order chi connectivity index (χ1) is 7.25. The number of hydrogen-bond donors (Lipinski definition) is 1. The molecule has 2 heterocycles. The number of fused-ring (bicyclic) bond motifs is 2. The number of H-pyrrole nitrogens is 1. The van der Waals surface area contributed by atoms with Gasteiger partial charge in [-0.2, -0.15) is 5.10 Å². The number of nitrogens with zero attached hydrogens (tertiary/aromatic N) is 2. The zero-order valence-corrected chi connectivity index (χ0v) is 8.86. The van der Waals surface area contributed by atoms with Gasteiger partial charge in [-0.25, -0.2) is 0 Å². The van der Waals surface area contributed by atoms with Crippen LogP contribution in [-0.2, 0) is 0 Å². The fraction of sp³-hybridized carbons (Fsp3) is 0.250. The molecule has 0 aliphatic heterocycles. The molecule has 0 unspecified atom stereocenters. The van der Waals surface area contributed by atoms with Crippen molar-refractivity contribution in [2.45, 2.75) is 19.9 Å². The van der Waals surface area contributed by atoms with Gasteiger partial charge in [0.2, 0.25) is 0 Å². The maximum atomic E-state index is 4.04. The van der Waals surface area contributed by atoms with Gasteiger partial charge in [0, 0.05) is 23.0 Å². The third kappa shape index (κ3) is 1.16. The molecule has 0 fully saturated rings. The molecule has 3 heteroatoms. The predicted octanol–water partition coefficient (Wildman–Crippen LogP) is 3.10. The van der Waals surface area contributed by atoms with Crippen molar-refractivity contribution in [2.24, 2.45) is 0 Å². The minimum absolute atomic E-state index is 0.489. The zero-order chi connectivity index (χ0) is 10.4. The highest BCUT2D eigenvalue weighted by Gasteiger charge is 2.06. The molecule has 0 saturated carbocycles. The van der Waals surface area contributed by atoms with E-state index in [1.807, 2.05) is 6.20 Å². The molecule has 0 bridgehead atoms. The Morgan fingerprint density at radius 1 is 1.27 bits per heavy atom. The van der Waals surface area contributed by atoms with Gasteiger partial charge >= 0.3 is 0 Å². The van der Waals surface area contributed by atoms with E-state index in [0.29, 0.717) is 6.04 Å². The average Bonchev–Trinajstić information content (AvgIpc) is 2.77. The van der Waals surface area contributed by atoms with E-state index in [9.17, 15) is 0 Å². The van der Waals surface area contributed by atoms with Crippen molar-refractivity contribution in [3.05, 3.63) is 30.6 Å². The average molecular weight is 199 g/mol. The van der Waals surface area contributed by atoms with Crippen LogP contribution in [0.1, 0.15) is 19.9 Å². The normalized spacial score (nSPS) is 11.9. The quantitative estimate of drug-likeness (QED) is 0.642. The van der Waals surface area contributed by atoms with Crippen molar-refractivity contribution in [3.8, 4) is 0 Å². The number of benzene rings is 1. The van der Waals surface area contributed by atoms with Crippen LogP contribution in [0.5, 0.6) is 0 Å². The van der Waals surface area contributed by atoms with Gasteiger partial charge < -0.3 is 4.57 Å². The fourth-order valence-corrected chi connectivity index (χ4v) is 2.05. The molecule has 0 amide bonds. The Bertz CT molecular complexity index is 616. The summed E-state index contributed by atoms with van der Waals surface area (Å²) in [5.74, 6) is 0. The van der Waals surface area contributed by atoms with Gasteiger partial charge in [-0.05, 0) is 32.0 Å². The zero-order valence-electron chi connectivity index (χ0n) is 8.86. The van der Waals surface area contributed by atoms with E-state index in [1.165, 1.54) is 16.3 Å². The van der Waals surface area contributed by atoms with Gasteiger partial charge in [-0.15, -0.1) is 0 Å². The standard InChI is InChI=1S/C12H13N3/c1-8(2)15-4-3-9-5-10-7-13-14-11(10)6-12(9)15/h3-8H,1-2H3,(H,13,14). The van der Waals surface area contributed by atoms with Gasteiger partial charge in [0.15, 0.2) is 0 Å². The Morgan fingerprint density at radius 3 is 2.93 bits per heavy atom. The molecule has 0 aliphatic rings. The lowest BCUT2D eigenvalue weighted by molar-refractivity contribution is 0.623. The summed E-state index contributed by atoms with van der Waals surface area (Å²) in [5.41, 5.74) is 2.37. The summed E-state index contributed by atoms with van der Waals surface area (Å²) < 4.78 is 2.27. The summed E-state index contributed by atoms with van der Waals surface area (Å²) in [6.45, 7) is 4.38. The summed E-state index contributed by atoms with van der Waals surface area (Å²) in [6, 6.07) is 6.98. The van der Waals surface area contributed by atoms with Crippen LogP contribution in [0.25, 0.3) is 21.8 Å². The highest BCUT2D eigenvalue weighted by Crippen LogP contribution is 2.24. The molecule has 0 radical (unpaired) electrons. The molecule has 3 rings (SSSR count). The lowest BCUT2D eigenvalue weighted by Crippen LogP contribution is -1.97. The van der Waals surface area contributed by atoms with E-state index < -0.39 is 0 Å². The van der Waals surface area contributed by atoms with Crippen LogP contribution in [0.4, 0.5) is 0 Å². The van der Waals surface area contributed by atoms with Crippen molar-refractivity contribution in [3.63, 3.8) is 0 Å². The molecule has 1 N–H and O–H groups in total. The molecule has 0 saturated heterocycles. The summed E-state index contributed by atoms with van der Waals surface area (Å²) in [4.78, 5) is 0. The summed E-state index contributed by atoms with van der Waals surface area (Å²) in [5, 5.41) is 9.49. The lowest BCUT2D eigenvalue weighted by Gasteiger charge is -2.08. The Morgan fingerprint density at radius 2 is 2.13 bits per heavy atom. The molecule has 3 nitrogen and oxygen atoms in total. The molecule has 76 valence electrons. The summed E-state index contributed by atoms with van der Waals surface area (Å²) >= 11 is 0. The van der Waals surface area contributed by atoms with Crippen LogP contribution < -0.4 is 0 Å². The maximum absolute atomic E-state index is 4.04. The van der Waals surface area contributed by atoms with E-state index in [4.69, 9.17) is 0 Å². The van der Waals surface area contributed by atoms with Gasteiger partial charge in [-0.1, -0.05) is 0 Å². The van der Waals surface area contributed by atoms with E-state index in [-0.39, 0.29) is 0 Å². The van der Waals surface area contributed by atoms with Crippen LogP contribution in [0.15, 0.2) is 30.6 Å². The fourth-order valence-electron chi connectivity index (χ4n) is 2.05. The molecule has 0 atom stereocenters. The predicted molar refractivity (Wildman–Crippen MR) is 62.0 cm³/mol. The van der Waals surface area contributed by atoms with Gasteiger partial charge in [0.25, 0.3) is 0 Å². The Kier molecular flexibility index (Phi) is 1.63.